The zero-order valence-electron chi connectivity index (χ0n) is 22.6. The molecule has 0 heterocycles. The second-order valence-corrected chi connectivity index (χ2v) is 12.9. The minimum Gasteiger partial charge on any atom is -0.508 e. The second kappa shape index (κ2) is 14.9. The van der Waals surface area contributed by atoms with Gasteiger partial charge in [-0.2, -0.15) is 0 Å². The maximum Gasteiger partial charge on any atom is 0.339 e. The van der Waals surface area contributed by atoms with Gasteiger partial charge in [0.1, 0.15) is 24.1 Å². The van der Waals surface area contributed by atoms with E-state index in [1.54, 1.807) is 13.0 Å². The molecule has 0 aliphatic carbocycles. The van der Waals surface area contributed by atoms with E-state index < -0.39 is 40.4 Å². The molecule has 0 aromatic heterocycles. The zero-order valence-corrected chi connectivity index (χ0v) is 24.4. The van der Waals surface area contributed by atoms with Crippen LogP contribution >= 0.6 is 15.2 Å². The van der Waals surface area contributed by atoms with Crippen LogP contribution in [0.4, 0.5) is 0 Å². The van der Waals surface area contributed by atoms with E-state index in [0.29, 0.717) is 46.2 Å². The third-order valence-corrected chi connectivity index (χ3v) is 8.16. The van der Waals surface area contributed by atoms with Crippen molar-refractivity contribution in [2.45, 2.75) is 59.0 Å². The summed E-state index contributed by atoms with van der Waals surface area (Å²) in [4.78, 5) is 41.7. The summed E-state index contributed by atoms with van der Waals surface area (Å²) in [5.74, 6) is -0.361. The largest absolute Gasteiger partial charge is 0.508 e. The van der Waals surface area contributed by atoms with Gasteiger partial charge in [-0.1, -0.05) is 26.0 Å². The molecule has 0 aliphatic heterocycles. The summed E-state index contributed by atoms with van der Waals surface area (Å²) >= 11 is 0. The molecule has 15 heteroatoms. The fourth-order valence-electron chi connectivity index (χ4n) is 4.84. The molecule has 226 valence electrons. The maximum absolute atomic E-state index is 12.1. The Balaban J connectivity index is 2.53. The number of phenolic OH excluding ortho intramolecular Hbond substituents is 2. The van der Waals surface area contributed by atoms with Gasteiger partial charge in [-0.05, 0) is 47.2 Å². The molecule has 2 aromatic rings. The molecule has 0 aliphatic rings. The predicted molar refractivity (Wildman–Crippen MR) is 147 cm³/mol. The molecule has 9 N–H and O–H groups in total. The van der Waals surface area contributed by atoms with Crippen LogP contribution in [-0.2, 0) is 48.3 Å². The maximum atomic E-state index is 12.1. The third-order valence-electron chi connectivity index (χ3n) is 6.66. The Hall–Kier alpha value is -1.86. The topological polar surface area (TPSA) is 223 Å². The molecule has 0 amide bonds. The Morgan fingerprint density at radius 1 is 0.750 bits per heavy atom. The number of aryl methyl sites for hydroxylation is 1. The molecule has 2 aromatic carbocycles. The molecule has 13 nitrogen and oxygen atoms in total. The predicted octanol–water partition coefficient (Wildman–Crippen LogP) is 1.14. The number of hydrogen-bond donors (Lipinski definition) is 9. The van der Waals surface area contributed by atoms with E-state index in [2.05, 4.69) is 0 Å². The first-order valence-electron chi connectivity index (χ1n) is 12.7. The number of aliphatic hydroxyl groups excluding tert-OH is 3. The van der Waals surface area contributed by atoms with Gasteiger partial charge in [0, 0.05) is 36.8 Å². The number of phenols is 2. The summed E-state index contributed by atoms with van der Waals surface area (Å²) in [5.41, 5.74) is 2.83. The molecule has 0 radical (unpaired) electrons. The summed E-state index contributed by atoms with van der Waals surface area (Å²) in [6.07, 6.45) is -0.775. The molecule has 1 unspecified atom stereocenters. The van der Waals surface area contributed by atoms with Crippen LogP contribution in [0, 0.1) is 0 Å². The van der Waals surface area contributed by atoms with Crippen molar-refractivity contribution in [3.63, 3.8) is 0 Å². The number of aromatic hydroxyl groups is 2. The van der Waals surface area contributed by atoms with Crippen LogP contribution in [-0.4, -0.2) is 86.7 Å². The normalized spacial score (nSPS) is 13.4. The summed E-state index contributed by atoms with van der Waals surface area (Å²) < 4.78 is 24.1. The summed E-state index contributed by atoms with van der Waals surface area (Å²) in [6, 6.07) is 4.84. The van der Waals surface area contributed by atoms with Crippen LogP contribution in [0.15, 0.2) is 24.3 Å². The Labute approximate surface area is 233 Å². The van der Waals surface area contributed by atoms with E-state index >= 15 is 0 Å². The van der Waals surface area contributed by atoms with Gasteiger partial charge in [0.25, 0.3) is 0 Å². The number of hydrogen-bond acceptors (Lipinski definition) is 9. The average molecular weight is 607 g/mol. The van der Waals surface area contributed by atoms with Crippen LogP contribution < -0.4 is 0 Å². The molecule has 40 heavy (non-hydrogen) atoms. The fraction of sp³-hybridized carbons (Fsp3) is 0.520. The van der Waals surface area contributed by atoms with Crippen molar-refractivity contribution in [3.8, 4) is 11.5 Å². The fourth-order valence-corrected chi connectivity index (χ4v) is 6.38. The van der Waals surface area contributed by atoms with E-state index in [4.69, 9.17) is 0 Å². The molecule has 0 spiro atoms. The van der Waals surface area contributed by atoms with Gasteiger partial charge >= 0.3 is 15.2 Å². The number of rotatable bonds is 16. The molecule has 0 saturated heterocycles. The highest BCUT2D eigenvalue weighted by Gasteiger charge is 2.31. The molecule has 0 bridgehead atoms. The van der Waals surface area contributed by atoms with E-state index in [9.17, 15) is 54.2 Å². The quantitative estimate of drug-likeness (QED) is 0.122. The van der Waals surface area contributed by atoms with E-state index in [1.807, 2.05) is 6.92 Å². The molecule has 0 saturated carbocycles. The standard InChI is InChI=1S/C25H40N2O11P2/c1-3-18-7-17(12-28)8-25(32)22(18)10-26(15-39(33,34)35)9-20(14-30)27(16-40(36,37)38)11-23-21(4-2)19(13-29)5-6-24(23)31/h5-8,20,28-32H,3-4,9-16H2,1-2H3,(H2,33,34,35)(H2,36,37,38). The molecule has 2 rings (SSSR count). The number of nitrogens with zero attached hydrogens (tertiary/aromatic N) is 2. The van der Waals surface area contributed by atoms with E-state index in [-0.39, 0.29) is 44.3 Å². The minimum atomic E-state index is -4.72. The van der Waals surface area contributed by atoms with Crippen LogP contribution in [0.25, 0.3) is 0 Å². The van der Waals surface area contributed by atoms with Gasteiger partial charge in [-0.15, -0.1) is 0 Å². The highest BCUT2D eigenvalue weighted by atomic mass is 31.2. The lowest BCUT2D eigenvalue weighted by atomic mass is 9.97. The SMILES string of the molecule is CCc1cc(CO)cc(O)c1CN(CC(CO)N(Cc1c(O)ccc(CO)c1CC)CP(=O)(O)O)CP(=O)(O)O. The molecule has 0 fully saturated rings. The highest BCUT2D eigenvalue weighted by molar-refractivity contribution is 7.51. The second-order valence-electron chi connectivity index (χ2n) is 9.68. The summed E-state index contributed by atoms with van der Waals surface area (Å²) in [5, 5.41) is 50.7. The average Bonchev–Trinajstić information content (AvgIpc) is 2.86. The van der Waals surface area contributed by atoms with Crippen molar-refractivity contribution < 1.29 is 54.2 Å². The highest BCUT2D eigenvalue weighted by Crippen LogP contribution is 2.40. The number of benzene rings is 2. The van der Waals surface area contributed by atoms with Crippen molar-refractivity contribution >= 4 is 15.2 Å². The minimum absolute atomic E-state index is 0.169. The van der Waals surface area contributed by atoms with Crippen molar-refractivity contribution in [2.75, 3.05) is 25.7 Å². The Bertz CT molecular complexity index is 1230. The van der Waals surface area contributed by atoms with Crippen LogP contribution in [0.2, 0.25) is 0 Å². The van der Waals surface area contributed by atoms with Gasteiger partial charge in [0.2, 0.25) is 0 Å². The van der Waals surface area contributed by atoms with Gasteiger partial charge in [-0.25, -0.2) is 0 Å². The lowest BCUT2D eigenvalue weighted by Gasteiger charge is -2.35. The Kier molecular flexibility index (Phi) is 12.8. The van der Waals surface area contributed by atoms with Crippen molar-refractivity contribution in [1.82, 2.24) is 9.80 Å². The van der Waals surface area contributed by atoms with Crippen molar-refractivity contribution in [3.05, 3.63) is 57.6 Å². The summed E-state index contributed by atoms with van der Waals surface area (Å²) in [7, 11) is -9.38. The molecular formula is C25H40N2O11P2. The van der Waals surface area contributed by atoms with Crippen molar-refractivity contribution in [2.24, 2.45) is 0 Å². The summed E-state index contributed by atoms with van der Waals surface area (Å²) in [6.45, 7) is 1.62. The van der Waals surface area contributed by atoms with Crippen molar-refractivity contribution in [1.29, 1.82) is 0 Å². The lowest BCUT2D eigenvalue weighted by Crippen LogP contribution is -2.46. The lowest BCUT2D eigenvalue weighted by molar-refractivity contribution is 0.0902. The first-order chi connectivity index (χ1) is 18.7. The van der Waals surface area contributed by atoms with E-state index in [0.717, 1.165) is 0 Å². The monoisotopic (exact) mass is 606 g/mol. The smallest absolute Gasteiger partial charge is 0.339 e. The first-order valence-corrected chi connectivity index (χ1v) is 16.3. The van der Waals surface area contributed by atoms with Gasteiger partial charge in [-0.3, -0.25) is 18.9 Å². The zero-order chi connectivity index (χ0) is 30.3. The van der Waals surface area contributed by atoms with E-state index in [1.165, 1.54) is 28.0 Å². The third kappa shape index (κ3) is 9.90. The number of aliphatic hydroxyl groups is 3. The Morgan fingerprint density at radius 2 is 1.40 bits per heavy atom. The Morgan fingerprint density at radius 3 is 1.90 bits per heavy atom. The van der Waals surface area contributed by atoms with Gasteiger partial charge < -0.3 is 45.1 Å². The van der Waals surface area contributed by atoms with Gasteiger partial charge in [0.15, 0.2) is 0 Å². The molecular weight excluding hydrogens is 566 g/mol. The van der Waals surface area contributed by atoms with Crippen LogP contribution in [0.5, 0.6) is 11.5 Å². The van der Waals surface area contributed by atoms with Gasteiger partial charge in [0.05, 0.1) is 19.8 Å². The molecule has 1 atom stereocenters. The van der Waals surface area contributed by atoms with Crippen LogP contribution in [0.3, 0.4) is 0 Å². The first kappa shape index (κ1) is 34.3. The van der Waals surface area contributed by atoms with Crippen LogP contribution in [0.1, 0.15) is 47.2 Å².